The van der Waals surface area contributed by atoms with Gasteiger partial charge in [-0.3, -0.25) is 4.48 Å². The van der Waals surface area contributed by atoms with Gasteiger partial charge in [0.05, 0.1) is 14.1 Å². The van der Waals surface area contributed by atoms with Crippen molar-refractivity contribution in [2.45, 2.75) is 44.0 Å². The summed E-state index contributed by atoms with van der Waals surface area (Å²) in [6.07, 6.45) is -6.65. The van der Waals surface area contributed by atoms with E-state index in [4.69, 9.17) is 9.47 Å². The van der Waals surface area contributed by atoms with E-state index < -0.39 is 36.6 Å². The summed E-state index contributed by atoms with van der Waals surface area (Å²) in [6, 6.07) is 28.6. The number of carbonyl (C=O) groups is 1. The molecule has 8 nitrogen and oxygen atoms in total. The molecule has 4 rings (SSSR count). The highest BCUT2D eigenvalue weighted by Gasteiger charge is 2.52. The lowest BCUT2D eigenvalue weighted by Gasteiger charge is -2.46. The molecule has 1 unspecified atom stereocenters. The molecule has 0 spiro atoms. The van der Waals surface area contributed by atoms with Crippen LogP contribution in [0.2, 0.25) is 0 Å². The minimum absolute atomic E-state index is 0.0185. The third kappa shape index (κ3) is 6.43. The Morgan fingerprint density at radius 3 is 1.90 bits per heavy atom. The molecule has 1 heterocycles. The minimum atomic E-state index is -1.72. The third-order valence-electron chi connectivity index (χ3n) is 7.44. The smallest absolute Gasteiger partial charge is 0.335 e. The normalized spacial score (nSPS) is 23.8. The maximum Gasteiger partial charge on any atom is 0.335 e. The van der Waals surface area contributed by atoms with Gasteiger partial charge in [-0.2, -0.15) is 0 Å². The van der Waals surface area contributed by atoms with Crippen LogP contribution in [-0.4, -0.2) is 88.8 Å². The zero-order chi connectivity index (χ0) is 28.9. The first-order valence-corrected chi connectivity index (χ1v) is 13.5. The topological polar surface area (TPSA) is 116 Å². The van der Waals surface area contributed by atoms with Crippen molar-refractivity contribution in [3.8, 4) is 5.75 Å². The van der Waals surface area contributed by atoms with Crippen molar-refractivity contribution in [1.82, 2.24) is 0 Å². The molecule has 3 aromatic carbocycles. The van der Waals surface area contributed by atoms with Gasteiger partial charge >= 0.3 is 5.97 Å². The molecule has 1 aliphatic rings. The van der Waals surface area contributed by atoms with E-state index in [1.165, 1.54) is 11.1 Å². The Balaban J connectivity index is 1.50. The number of carboxylic acid groups (broad SMARTS) is 1. The molecule has 4 N–H and O–H groups in total. The van der Waals surface area contributed by atoms with Crippen molar-refractivity contribution in [2.75, 3.05) is 27.2 Å². The fourth-order valence-electron chi connectivity index (χ4n) is 5.17. The Kier molecular flexibility index (Phi) is 9.40. The van der Waals surface area contributed by atoms with Gasteiger partial charge in [0.15, 0.2) is 12.2 Å². The fraction of sp³-hybridized carbons (Fsp3) is 0.344. The zero-order valence-corrected chi connectivity index (χ0v) is 23.1. The molecule has 40 heavy (non-hydrogen) atoms. The summed E-state index contributed by atoms with van der Waals surface area (Å²) in [5, 5.41) is 40.0. The number of carboxylic acids is 1. The second-order valence-electron chi connectivity index (χ2n) is 10.6. The number of ether oxygens (including phenoxy) is 2. The molecule has 5 atom stereocenters. The van der Waals surface area contributed by atoms with E-state index in [-0.39, 0.29) is 11.1 Å². The van der Waals surface area contributed by atoms with Crippen molar-refractivity contribution in [3.05, 3.63) is 102 Å². The SMILES string of the molecule is CCC(=C(c1ccccc1)c1ccc(OCC[N+](C)(C)[C@@H]2OC(C(=O)O)[C@@H](O)[C@H](O)[C@@H]2O)cc1)c1ccccc1. The number of rotatable bonds is 10. The van der Waals surface area contributed by atoms with Crippen molar-refractivity contribution >= 4 is 17.1 Å². The van der Waals surface area contributed by atoms with E-state index in [9.17, 15) is 25.2 Å². The van der Waals surface area contributed by atoms with Gasteiger partial charge in [-0.15, -0.1) is 0 Å². The first kappa shape index (κ1) is 29.5. The molecule has 3 aromatic rings. The van der Waals surface area contributed by atoms with Gasteiger partial charge in [-0.1, -0.05) is 79.7 Å². The Hall–Kier alpha value is -3.53. The molecule has 0 amide bonds. The van der Waals surface area contributed by atoms with Crippen LogP contribution in [0.1, 0.15) is 30.0 Å². The molecule has 1 saturated heterocycles. The molecule has 0 radical (unpaired) electrons. The number of aliphatic hydroxyl groups excluding tert-OH is 3. The van der Waals surface area contributed by atoms with Crippen LogP contribution in [0.15, 0.2) is 84.9 Å². The Labute approximate surface area is 234 Å². The van der Waals surface area contributed by atoms with Crippen LogP contribution in [0.25, 0.3) is 11.1 Å². The second kappa shape index (κ2) is 12.8. The number of hydrogen-bond donors (Lipinski definition) is 4. The molecule has 0 aliphatic carbocycles. The summed E-state index contributed by atoms with van der Waals surface area (Å²) in [7, 11) is 3.49. The van der Waals surface area contributed by atoms with E-state index in [1.54, 1.807) is 14.1 Å². The number of hydrogen-bond acceptors (Lipinski definition) is 6. The number of quaternary nitrogens is 1. The summed E-state index contributed by atoms with van der Waals surface area (Å²) >= 11 is 0. The molecule has 1 aliphatic heterocycles. The lowest BCUT2D eigenvalue weighted by Crippen LogP contribution is -2.68. The summed E-state index contributed by atoms with van der Waals surface area (Å²) in [5.74, 6) is -0.736. The molecule has 0 saturated carbocycles. The van der Waals surface area contributed by atoms with Crippen LogP contribution < -0.4 is 4.74 Å². The number of nitrogens with zero attached hydrogens (tertiary/aromatic N) is 1. The molecule has 0 aromatic heterocycles. The summed E-state index contributed by atoms with van der Waals surface area (Å²) in [6.45, 7) is 2.76. The van der Waals surface area contributed by atoms with Crippen LogP contribution in [0.5, 0.6) is 5.75 Å². The number of benzene rings is 3. The highest BCUT2D eigenvalue weighted by Crippen LogP contribution is 2.35. The van der Waals surface area contributed by atoms with Crippen molar-refractivity contribution in [1.29, 1.82) is 0 Å². The average Bonchev–Trinajstić information content (AvgIpc) is 2.95. The lowest BCUT2D eigenvalue weighted by molar-refractivity contribution is -0.944. The highest BCUT2D eigenvalue weighted by molar-refractivity contribution is 5.98. The standard InChI is InChI=1S/C32H37NO7/c1-4-25(21-11-7-5-8-12-21)26(22-13-9-6-10-14-22)23-15-17-24(18-16-23)39-20-19-33(2,3)31-29(36)27(34)28(35)30(40-31)32(37)38/h5-18,27-31,34-36H,4,19-20H2,1-3H3/p+1/t27-,28-,29-,30?,31+/m0/s1. The summed E-state index contributed by atoms with van der Waals surface area (Å²) < 4.78 is 11.5. The van der Waals surface area contributed by atoms with Gasteiger partial charge in [-0.25, -0.2) is 4.79 Å². The van der Waals surface area contributed by atoms with E-state index in [0.717, 1.165) is 23.1 Å². The van der Waals surface area contributed by atoms with Crippen LogP contribution >= 0.6 is 0 Å². The van der Waals surface area contributed by atoms with E-state index >= 15 is 0 Å². The molecule has 8 heteroatoms. The monoisotopic (exact) mass is 548 g/mol. The van der Waals surface area contributed by atoms with Gasteiger partial charge in [0.2, 0.25) is 6.23 Å². The van der Waals surface area contributed by atoms with Gasteiger partial charge in [0, 0.05) is 0 Å². The fourth-order valence-corrected chi connectivity index (χ4v) is 5.17. The Bertz CT molecular complexity index is 1290. The average molecular weight is 549 g/mol. The number of allylic oxidation sites excluding steroid dienone is 1. The van der Waals surface area contributed by atoms with Crippen LogP contribution in [0, 0.1) is 0 Å². The summed E-state index contributed by atoms with van der Waals surface area (Å²) in [5.41, 5.74) is 5.79. The summed E-state index contributed by atoms with van der Waals surface area (Å²) in [4.78, 5) is 11.5. The molecule has 0 bridgehead atoms. The Morgan fingerprint density at radius 1 is 0.800 bits per heavy atom. The predicted octanol–water partition coefficient (Wildman–Crippen LogP) is 3.40. The zero-order valence-electron chi connectivity index (χ0n) is 23.1. The van der Waals surface area contributed by atoms with E-state index in [1.807, 2.05) is 60.7 Å². The lowest BCUT2D eigenvalue weighted by atomic mass is 9.88. The van der Waals surface area contributed by atoms with Crippen molar-refractivity contribution < 1.29 is 39.2 Å². The van der Waals surface area contributed by atoms with Crippen LogP contribution in [0.4, 0.5) is 0 Å². The number of likely N-dealkylation sites (N-methyl/N-ethyl adjacent to an activating group) is 1. The maximum absolute atomic E-state index is 11.5. The quantitative estimate of drug-likeness (QED) is 0.227. The highest BCUT2D eigenvalue weighted by atomic mass is 16.6. The molecular weight excluding hydrogens is 510 g/mol. The van der Waals surface area contributed by atoms with Crippen LogP contribution in [-0.2, 0) is 9.53 Å². The first-order valence-electron chi connectivity index (χ1n) is 13.5. The van der Waals surface area contributed by atoms with Crippen molar-refractivity contribution in [3.63, 3.8) is 0 Å². The largest absolute Gasteiger partial charge is 0.488 e. The van der Waals surface area contributed by atoms with Gasteiger partial charge in [-0.05, 0) is 46.4 Å². The molecule has 212 valence electrons. The molecular formula is C32H38NO7+. The minimum Gasteiger partial charge on any atom is -0.488 e. The van der Waals surface area contributed by atoms with Gasteiger partial charge < -0.3 is 29.9 Å². The van der Waals surface area contributed by atoms with Crippen molar-refractivity contribution in [2.24, 2.45) is 0 Å². The van der Waals surface area contributed by atoms with Gasteiger partial charge in [0.25, 0.3) is 0 Å². The maximum atomic E-state index is 11.5. The van der Waals surface area contributed by atoms with Crippen LogP contribution in [0.3, 0.4) is 0 Å². The Morgan fingerprint density at radius 2 is 1.35 bits per heavy atom. The van der Waals surface area contributed by atoms with E-state index in [2.05, 4.69) is 31.2 Å². The third-order valence-corrected chi connectivity index (χ3v) is 7.44. The second-order valence-corrected chi connectivity index (χ2v) is 10.6. The number of aliphatic hydroxyl groups is 3. The number of aliphatic carboxylic acids is 1. The van der Waals surface area contributed by atoms with E-state index in [0.29, 0.717) is 12.3 Å². The predicted molar refractivity (Wildman–Crippen MR) is 152 cm³/mol. The van der Waals surface area contributed by atoms with Gasteiger partial charge in [0.1, 0.15) is 31.1 Å². The molecule has 1 fully saturated rings. The first-order chi connectivity index (χ1) is 19.1.